The standard InChI is InChI=1S/C11H10Cl2N2.V/c1-3-5-6-8(4-2)9-7-10(12)15-11(13)14-9;/h6H,2-3,5H2,1H3;/q-2;+2/b8-6+;. The van der Waals surface area contributed by atoms with Crippen LogP contribution >= 0.6 is 23.2 Å². The van der Waals surface area contributed by atoms with Gasteiger partial charge in [-0.2, -0.15) is 6.58 Å². The minimum atomic E-state index is 0. The Hall–Kier alpha value is -0.276. The maximum absolute atomic E-state index is 5.72. The molecule has 1 aromatic rings. The molecule has 1 aromatic heterocycles. The van der Waals surface area contributed by atoms with Gasteiger partial charge in [-0.1, -0.05) is 31.4 Å². The van der Waals surface area contributed by atoms with Crippen molar-refractivity contribution in [3.63, 3.8) is 0 Å². The predicted molar refractivity (Wildman–Crippen MR) is 62.6 cm³/mol. The number of halogens is 2. The van der Waals surface area contributed by atoms with E-state index in [0.29, 0.717) is 5.69 Å². The molecule has 0 aliphatic rings. The Balaban J connectivity index is 0.00000225. The van der Waals surface area contributed by atoms with E-state index in [1.165, 1.54) is 0 Å². The van der Waals surface area contributed by atoms with Gasteiger partial charge < -0.3 is 10.6 Å². The molecule has 1 heterocycles. The summed E-state index contributed by atoms with van der Waals surface area (Å²) in [6.07, 6.45) is 6.71. The van der Waals surface area contributed by atoms with E-state index in [4.69, 9.17) is 23.2 Å². The van der Waals surface area contributed by atoms with Gasteiger partial charge in [0, 0.05) is 5.15 Å². The Morgan fingerprint density at radius 3 is 2.69 bits per heavy atom. The van der Waals surface area contributed by atoms with Crippen molar-refractivity contribution >= 4 is 28.8 Å². The Morgan fingerprint density at radius 2 is 2.19 bits per heavy atom. The second-order valence-corrected chi connectivity index (χ2v) is 3.54. The molecule has 2 nitrogen and oxygen atoms in total. The van der Waals surface area contributed by atoms with E-state index < -0.39 is 0 Å². The van der Waals surface area contributed by atoms with E-state index in [-0.39, 0.29) is 29.0 Å². The molecule has 1 radical (unpaired) electrons. The molecule has 16 heavy (non-hydrogen) atoms. The summed E-state index contributed by atoms with van der Waals surface area (Å²) in [7, 11) is 0. The molecule has 0 aliphatic carbocycles. The number of rotatable bonds is 4. The normalized spacial score (nSPS) is 10.8. The SMILES string of the molecule is C=[C-]/C(=C\CCC)c1[c-]c(Cl)nc(Cl)n1.[V+2]. The maximum Gasteiger partial charge on any atom is 2.00 e. The molecule has 1 rings (SSSR count). The third kappa shape index (κ3) is 4.71. The van der Waals surface area contributed by atoms with Crippen LogP contribution < -0.4 is 0 Å². The predicted octanol–water partition coefficient (Wildman–Crippen LogP) is 3.75. The van der Waals surface area contributed by atoms with Gasteiger partial charge in [0.25, 0.3) is 0 Å². The molecule has 5 heteroatoms. The van der Waals surface area contributed by atoms with Crippen LogP contribution in [0.25, 0.3) is 5.57 Å². The quantitative estimate of drug-likeness (QED) is 0.365. The molecule has 0 unspecified atom stereocenters. The van der Waals surface area contributed by atoms with Crippen molar-refractivity contribution in [2.75, 3.05) is 0 Å². The summed E-state index contributed by atoms with van der Waals surface area (Å²) in [4.78, 5) is 7.72. The van der Waals surface area contributed by atoms with Crippen molar-refractivity contribution in [1.29, 1.82) is 0 Å². The van der Waals surface area contributed by atoms with Crippen LogP contribution in [0.5, 0.6) is 0 Å². The van der Waals surface area contributed by atoms with E-state index in [9.17, 15) is 0 Å². The van der Waals surface area contributed by atoms with Crippen LogP contribution in [-0.4, -0.2) is 9.97 Å². The molecule has 0 bridgehead atoms. The Bertz CT molecular complexity index is 371. The minimum Gasteiger partial charge on any atom is -0.327 e. The van der Waals surface area contributed by atoms with Crippen LogP contribution in [0.4, 0.5) is 0 Å². The van der Waals surface area contributed by atoms with Gasteiger partial charge >= 0.3 is 18.6 Å². The van der Waals surface area contributed by atoms with Gasteiger partial charge in [-0.25, -0.2) is 10.7 Å². The summed E-state index contributed by atoms with van der Waals surface area (Å²) in [6.45, 7) is 5.67. The molecule has 0 aliphatic heterocycles. The fourth-order valence-electron chi connectivity index (χ4n) is 1.02. The molecule has 0 saturated heterocycles. The van der Waals surface area contributed by atoms with Gasteiger partial charge in [0.1, 0.15) is 0 Å². The molecule has 83 valence electrons. The van der Waals surface area contributed by atoms with Crippen LogP contribution in [0.1, 0.15) is 25.5 Å². The Morgan fingerprint density at radius 1 is 1.50 bits per heavy atom. The van der Waals surface area contributed by atoms with Gasteiger partial charge in [0.05, 0.1) is 0 Å². The topological polar surface area (TPSA) is 25.8 Å². The van der Waals surface area contributed by atoms with Crippen LogP contribution in [0.3, 0.4) is 0 Å². The molecule has 0 fully saturated rings. The van der Waals surface area contributed by atoms with E-state index in [2.05, 4.69) is 35.6 Å². The number of hydrogen-bond acceptors (Lipinski definition) is 2. The first-order valence-electron chi connectivity index (χ1n) is 4.53. The summed E-state index contributed by atoms with van der Waals surface area (Å²) in [5.41, 5.74) is 1.28. The van der Waals surface area contributed by atoms with Crippen molar-refractivity contribution in [2.24, 2.45) is 0 Å². The first-order chi connectivity index (χ1) is 7.17. The van der Waals surface area contributed by atoms with E-state index in [1.54, 1.807) is 0 Å². The first-order valence-corrected chi connectivity index (χ1v) is 5.29. The average Bonchev–Trinajstić information content (AvgIpc) is 2.17. The number of aromatic nitrogens is 2. The maximum atomic E-state index is 5.72. The van der Waals surface area contributed by atoms with Crippen molar-refractivity contribution in [3.05, 3.63) is 40.9 Å². The van der Waals surface area contributed by atoms with Crippen molar-refractivity contribution in [1.82, 2.24) is 9.97 Å². The molecule has 0 aromatic carbocycles. The van der Waals surface area contributed by atoms with E-state index in [0.717, 1.165) is 18.4 Å². The summed E-state index contributed by atoms with van der Waals surface area (Å²) in [6, 6.07) is 2.80. The smallest absolute Gasteiger partial charge is 0.327 e. The molecular formula is C11H10Cl2N2V. The summed E-state index contributed by atoms with van der Waals surface area (Å²) in [5.74, 6) is 0. The Labute approximate surface area is 118 Å². The molecule has 0 amide bonds. The van der Waals surface area contributed by atoms with Gasteiger partial charge in [-0.3, -0.25) is 18.2 Å². The zero-order chi connectivity index (χ0) is 11.3. The van der Waals surface area contributed by atoms with Gasteiger partial charge in [-0.05, 0) is 11.6 Å². The number of hydrogen-bond donors (Lipinski definition) is 0. The van der Waals surface area contributed by atoms with Gasteiger partial charge in [0.15, 0.2) is 0 Å². The Kier molecular flexibility index (Phi) is 7.77. The third-order valence-electron chi connectivity index (χ3n) is 1.70. The zero-order valence-electron chi connectivity index (χ0n) is 8.80. The molecule has 0 N–H and O–H groups in total. The van der Waals surface area contributed by atoms with Crippen molar-refractivity contribution < 1.29 is 18.6 Å². The monoisotopic (exact) mass is 291 g/mol. The second kappa shape index (κ2) is 7.91. The van der Waals surface area contributed by atoms with Crippen LogP contribution in [0, 0.1) is 12.1 Å². The van der Waals surface area contributed by atoms with Gasteiger partial charge in [-0.15, -0.1) is 0 Å². The van der Waals surface area contributed by atoms with Crippen LogP contribution in [0.2, 0.25) is 10.4 Å². The molecule has 0 spiro atoms. The number of allylic oxidation sites excluding steroid dienone is 3. The molecule has 0 saturated carbocycles. The largest absolute Gasteiger partial charge is 2.00 e. The number of nitrogens with zero attached hydrogens (tertiary/aromatic N) is 2. The fourth-order valence-corrected chi connectivity index (χ4v) is 1.40. The average molecular weight is 292 g/mol. The molecular weight excluding hydrogens is 282 g/mol. The zero-order valence-corrected chi connectivity index (χ0v) is 11.7. The third-order valence-corrected chi connectivity index (χ3v) is 2.05. The second-order valence-electron chi connectivity index (χ2n) is 2.84. The van der Waals surface area contributed by atoms with E-state index >= 15 is 0 Å². The van der Waals surface area contributed by atoms with Crippen LogP contribution in [-0.2, 0) is 18.6 Å². The van der Waals surface area contributed by atoms with Crippen LogP contribution in [0.15, 0.2) is 12.7 Å². The van der Waals surface area contributed by atoms with Gasteiger partial charge in [0.2, 0.25) is 5.28 Å². The number of unbranched alkanes of at least 4 members (excludes halogenated alkanes) is 1. The van der Waals surface area contributed by atoms with Crippen molar-refractivity contribution in [2.45, 2.75) is 19.8 Å². The summed E-state index contributed by atoms with van der Waals surface area (Å²) < 4.78 is 0. The molecule has 0 atom stereocenters. The summed E-state index contributed by atoms with van der Waals surface area (Å²) >= 11 is 11.4. The fraction of sp³-hybridized carbons (Fsp3) is 0.273. The van der Waals surface area contributed by atoms with Crippen molar-refractivity contribution in [3.8, 4) is 0 Å². The minimum absolute atomic E-state index is 0. The summed E-state index contributed by atoms with van der Waals surface area (Å²) in [5, 5.41) is 0.300. The first kappa shape index (κ1) is 15.7. The van der Waals surface area contributed by atoms with E-state index in [1.807, 2.05) is 6.08 Å².